The van der Waals surface area contributed by atoms with Gasteiger partial charge in [-0.1, -0.05) is 6.07 Å². The van der Waals surface area contributed by atoms with Crippen molar-refractivity contribution in [3.05, 3.63) is 54.2 Å². The normalized spacial score (nSPS) is 13.9. The Labute approximate surface area is 132 Å². The first-order valence-electron chi connectivity index (χ1n) is 7.63. The molecule has 0 unspecified atom stereocenters. The number of carbonyl (C=O) groups is 1. The number of benzene rings is 1. The summed E-state index contributed by atoms with van der Waals surface area (Å²) in [4.78, 5) is 20.6. The van der Waals surface area contributed by atoms with Gasteiger partial charge in [-0.05, 0) is 43.2 Å². The van der Waals surface area contributed by atoms with E-state index in [0.29, 0.717) is 18.2 Å². The minimum atomic E-state index is -0.277. The molecule has 0 bridgehead atoms. The smallest absolute Gasteiger partial charge is 0.319 e. The number of rotatable bonds is 4. The van der Waals surface area contributed by atoms with Crippen LogP contribution in [0.25, 0.3) is 11.1 Å². The van der Waals surface area contributed by atoms with Crippen LogP contribution in [-0.4, -0.2) is 16.0 Å². The maximum Gasteiger partial charge on any atom is 0.319 e. The van der Waals surface area contributed by atoms with E-state index in [0.717, 1.165) is 35.5 Å². The van der Waals surface area contributed by atoms with Crippen molar-refractivity contribution in [1.29, 1.82) is 0 Å². The van der Waals surface area contributed by atoms with E-state index in [9.17, 15) is 4.79 Å². The second-order valence-corrected chi connectivity index (χ2v) is 5.64. The number of carbonyl (C=O) groups excluding carboxylic acids is 1. The van der Waals surface area contributed by atoms with E-state index in [1.54, 1.807) is 6.20 Å². The summed E-state index contributed by atoms with van der Waals surface area (Å²) in [7, 11) is 0. The molecule has 0 aliphatic heterocycles. The van der Waals surface area contributed by atoms with Gasteiger partial charge in [-0.25, -0.2) is 9.78 Å². The molecule has 3 aromatic rings. The van der Waals surface area contributed by atoms with Crippen molar-refractivity contribution in [2.75, 3.05) is 5.32 Å². The van der Waals surface area contributed by atoms with E-state index >= 15 is 0 Å². The minimum absolute atomic E-state index is 0.277. The number of urea groups is 1. The van der Waals surface area contributed by atoms with Crippen molar-refractivity contribution in [2.24, 2.45) is 0 Å². The maximum atomic E-state index is 12.0. The van der Waals surface area contributed by atoms with Crippen molar-refractivity contribution < 1.29 is 9.21 Å². The summed E-state index contributed by atoms with van der Waals surface area (Å²) < 4.78 is 5.71. The Morgan fingerprint density at radius 2 is 2.17 bits per heavy atom. The van der Waals surface area contributed by atoms with E-state index < -0.39 is 0 Å². The van der Waals surface area contributed by atoms with E-state index in [1.807, 2.05) is 36.4 Å². The molecule has 0 saturated heterocycles. The molecule has 2 amide bonds. The SMILES string of the molecule is O=C(NCc1ccccn1)Nc1ccc2oc(C3CC3)nc2c1. The highest BCUT2D eigenvalue weighted by Crippen LogP contribution is 2.40. The Bertz CT molecular complexity index is 840. The molecule has 6 nitrogen and oxygen atoms in total. The Hall–Kier alpha value is -2.89. The van der Waals surface area contributed by atoms with E-state index in [1.165, 1.54) is 0 Å². The number of amides is 2. The fourth-order valence-electron chi connectivity index (χ4n) is 2.38. The van der Waals surface area contributed by atoms with Gasteiger partial charge >= 0.3 is 6.03 Å². The molecule has 23 heavy (non-hydrogen) atoms. The molecule has 4 rings (SSSR count). The fourth-order valence-corrected chi connectivity index (χ4v) is 2.38. The Balaban J connectivity index is 1.41. The molecule has 2 heterocycles. The fraction of sp³-hybridized carbons (Fsp3) is 0.235. The first-order chi connectivity index (χ1) is 11.3. The minimum Gasteiger partial charge on any atom is -0.440 e. The van der Waals surface area contributed by atoms with E-state index in [4.69, 9.17) is 4.42 Å². The lowest BCUT2D eigenvalue weighted by atomic mass is 10.3. The van der Waals surface area contributed by atoms with Gasteiger partial charge in [0.05, 0.1) is 12.2 Å². The van der Waals surface area contributed by atoms with Crippen LogP contribution < -0.4 is 10.6 Å². The molecule has 6 heteroatoms. The zero-order chi connectivity index (χ0) is 15.6. The predicted octanol–water partition coefficient (Wildman–Crippen LogP) is 3.42. The molecule has 1 aromatic carbocycles. The molecule has 2 aromatic heterocycles. The number of nitrogens with one attached hydrogen (secondary N) is 2. The molecule has 0 spiro atoms. The van der Waals surface area contributed by atoms with Crippen LogP contribution >= 0.6 is 0 Å². The lowest BCUT2D eigenvalue weighted by Gasteiger charge is -2.07. The lowest BCUT2D eigenvalue weighted by Crippen LogP contribution is -2.28. The van der Waals surface area contributed by atoms with Gasteiger partial charge in [0, 0.05) is 17.8 Å². The second-order valence-electron chi connectivity index (χ2n) is 5.64. The van der Waals surface area contributed by atoms with Gasteiger partial charge in [0.15, 0.2) is 11.5 Å². The molecule has 116 valence electrons. The highest BCUT2D eigenvalue weighted by molar-refractivity contribution is 5.91. The third kappa shape index (κ3) is 3.15. The average molecular weight is 308 g/mol. The molecule has 0 atom stereocenters. The number of oxazole rings is 1. The van der Waals surface area contributed by atoms with Gasteiger partial charge < -0.3 is 15.1 Å². The topological polar surface area (TPSA) is 80.0 Å². The Morgan fingerprint density at radius 1 is 1.26 bits per heavy atom. The lowest BCUT2D eigenvalue weighted by molar-refractivity contribution is 0.251. The molecule has 1 fully saturated rings. The largest absolute Gasteiger partial charge is 0.440 e. The zero-order valence-electron chi connectivity index (χ0n) is 12.5. The maximum absolute atomic E-state index is 12.0. The van der Waals surface area contributed by atoms with Gasteiger partial charge in [0.25, 0.3) is 0 Å². The summed E-state index contributed by atoms with van der Waals surface area (Å²) in [5, 5.41) is 5.57. The zero-order valence-corrected chi connectivity index (χ0v) is 12.5. The highest BCUT2D eigenvalue weighted by Gasteiger charge is 2.28. The molecule has 1 aliphatic carbocycles. The standard InChI is InChI=1S/C17H16N4O2/c22-17(19-10-13-3-1-2-8-18-13)20-12-6-7-15-14(9-12)21-16(23-15)11-4-5-11/h1-3,6-9,11H,4-5,10H2,(H2,19,20,22). The first-order valence-corrected chi connectivity index (χ1v) is 7.63. The number of hydrogen-bond donors (Lipinski definition) is 2. The number of pyridine rings is 1. The van der Waals surface area contributed by atoms with Gasteiger partial charge in [-0.2, -0.15) is 0 Å². The van der Waals surface area contributed by atoms with Crippen LogP contribution in [0.4, 0.5) is 10.5 Å². The van der Waals surface area contributed by atoms with Gasteiger partial charge in [-0.15, -0.1) is 0 Å². The first kappa shape index (κ1) is 13.8. The van der Waals surface area contributed by atoms with Crippen LogP contribution in [0.1, 0.15) is 30.3 Å². The van der Waals surface area contributed by atoms with Gasteiger partial charge in [0.1, 0.15) is 5.52 Å². The number of anilines is 1. The van der Waals surface area contributed by atoms with Crippen LogP contribution in [0.15, 0.2) is 47.0 Å². The average Bonchev–Trinajstić information content (AvgIpc) is 3.34. The molecule has 2 N–H and O–H groups in total. The van der Waals surface area contributed by atoms with Crippen LogP contribution in [-0.2, 0) is 6.54 Å². The molecule has 0 radical (unpaired) electrons. The summed E-state index contributed by atoms with van der Waals surface area (Å²) in [6.45, 7) is 0.380. The second kappa shape index (κ2) is 5.72. The van der Waals surface area contributed by atoms with Crippen molar-refractivity contribution in [3.63, 3.8) is 0 Å². The van der Waals surface area contributed by atoms with Crippen molar-refractivity contribution in [2.45, 2.75) is 25.3 Å². The Kier molecular flexibility index (Phi) is 3.42. The highest BCUT2D eigenvalue weighted by atomic mass is 16.3. The van der Waals surface area contributed by atoms with Gasteiger partial charge in [0.2, 0.25) is 0 Å². The summed E-state index contributed by atoms with van der Waals surface area (Å²) >= 11 is 0. The molecule has 1 aliphatic rings. The number of aromatic nitrogens is 2. The van der Waals surface area contributed by atoms with E-state index in [-0.39, 0.29) is 6.03 Å². The number of hydrogen-bond acceptors (Lipinski definition) is 4. The third-order valence-electron chi connectivity index (χ3n) is 3.74. The number of fused-ring (bicyclic) bond motifs is 1. The van der Waals surface area contributed by atoms with Crippen LogP contribution in [0.5, 0.6) is 0 Å². The molecular weight excluding hydrogens is 292 g/mol. The summed E-state index contributed by atoms with van der Waals surface area (Å²) in [6, 6.07) is 10.8. The summed E-state index contributed by atoms with van der Waals surface area (Å²) in [5.41, 5.74) is 3.02. The van der Waals surface area contributed by atoms with Crippen molar-refractivity contribution >= 4 is 22.8 Å². The van der Waals surface area contributed by atoms with Crippen LogP contribution in [0.3, 0.4) is 0 Å². The predicted molar refractivity (Wildman–Crippen MR) is 86.1 cm³/mol. The quantitative estimate of drug-likeness (QED) is 0.774. The summed E-state index contributed by atoms with van der Waals surface area (Å²) in [5.74, 6) is 1.28. The van der Waals surface area contributed by atoms with Crippen LogP contribution in [0, 0.1) is 0 Å². The monoisotopic (exact) mass is 308 g/mol. The molecule has 1 saturated carbocycles. The third-order valence-corrected chi connectivity index (χ3v) is 3.74. The van der Waals surface area contributed by atoms with Gasteiger partial charge in [-0.3, -0.25) is 4.98 Å². The summed E-state index contributed by atoms with van der Waals surface area (Å²) in [6.07, 6.45) is 3.99. The molecular formula is C17H16N4O2. The van der Waals surface area contributed by atoms with E-state index in [2.05, 4.69) is 20.6 Å². The van der Waals surface area contributed by atoms with Crippen LogP contribution in [0.2, 0.25) is 0 Å². The Morgan fingerprint density at radius 3 is 2.96 bits per heavy atom. The number of nitrogens with zero attached hydrogens (tertiary/aromatic N) is 2. The van der Waals surface area contributed by atoms with Crippen molar-refractivity contribution in [3.8, 4) is 0 Å². The van der Waals surface area contributed by atoms with Crippen molar-refractivity contribution in [1.82, 2.24) is 15.3 Å².